The Balaban J connectivity index is 2.12. The van der Waals surface area contributed by atoms with Gasteiger partial charge in [0.25, 0.3) is 0 Å². The maximum Gasteiger partial charge on any atom is 0.333 e. The zero-order valence-electron chi connectivity index (χ0n) is 12.3. The summed E-state index contributed by atoms with van der Waals surface area (Å²) in [6.07, 6.45) is 3.51. The summed E-state index contributed by atoms with van der Waals surface area (Å²) in [5.41, 5.74) is 5.85. The highest BCUT2D eigenvalue weighted by Gasteiger charge is 2.30. The topological polar surface area (TPSA) is 116 Å². The van der Waals surface area contributed by atoms with Crippen LogP contribution < -0.4 is 11.1 Å². The molecule has 116 valence electrons. The van der Waals surface area contributed by atoms with Crippen molar-refractivity contribution in [2.24, 2.45) is 18.7 Å². The van der Waals surface area contributed by atoms with Crippen LogP contribution in [0.5, 0.6) is 0 Å². The van der Waals surface area contributed by atoms with E-state index in [0.717, 1.165) is 25.7 Å². The van der Waals surface area contributed by atoms with E-state index in [2.05, 4.69) is 10.4 Å². The summed E-state index contributed by atoms with van der Waals surface area (Å²) in [6, 6.07) is 0.111. The third-order valence-electron chi connectivity index (χ3n) is 4.08. The van der Waals surface area contributed by atoms with Gasteiger partial charge in [0.2, 0.25) is 11.7 Å². The lowest BCUT2D eigenvalue weighted by molar-refractivity contribution is -0.384. The molecule has 2 rings (SSSR count). The number of nitrogens with zero attached hydrogens (tertiary/aromatic N) is 3. The van der Waals surface area contributed by atoms with Crippen LogP contribution >= 0.6 is 0 Å². The van der Waals surface area contributed by atoms with Crippen molar-refractivity contribution in [2.45, 2.75) is 45.1 Å². The number of carbonyl (C=O) groups is 1. The maximum atomic E-state index is 11.2. The minimum absolute atomic E-state index is 0.0528. The number of hydrogen-bond donors (Lipinski definition) is 2. The lowest BCUT2D eigenvalue weighted by atomic mass is 9.85. The predicted octanol–water partition coefficient (Wildman–Crippen LogP) is 1.35. The Morgan fingerprint density at radius 1 is 1.48 bits per heavy atom. The Labute approximate surface area is 122 Å². The highest BCUT2D eigenvalue weighted by Crippen LogP contribution is 2.32. The van der Waals surface area contributed by atoms with E-state index in [9.17, 15) is 14.9 Å². The van der Waals surface area contributed by atoms with E-state index in [-0.39, 0.29) is 28.5 Å². The molecular formula is C13H21N5O3. The normalized spacial score (nSPS) is 22.0. The summed E-state index contributed by atoms with van der Waals surface area (Å²) in [6.45, 7) is 1.84. The van der Waals surface area contributed by atoms with Gasteiger partial charge < -0.3 is 11.1 Å². The van der Waals surface area contributed by atoms with Crippen LogP contribution in [0, 0.1) is 16.0 Å². The minimum atomic E-state index is -0.386. The van der Waals surface area contributed by atoms with Crippen molar-refractivity contribution in [3.63, 3.8) is 0 Å². The highest BCUT2D eigenvalue weighted by molar-refractivity contribution is 5.76. The quantitative estimate of drug-likeness (QED) is 0.628. The molecule has 0 aliphatic heterocycles. The van der Waals surface area contributed by atoms with Crippen molar-refractivity contribution in [3.05, 3.63) is 15.8 Å². The molecule has 0 spiro atoms. The van der Waals surface area contributed by atoms with E-state index < -0.39 is 0 Å². The molecule has 1 aromatic rings. The van der Waals surface area contributed by atoms with E-state index >= 15 is 0 Å². The summed E-state index contributed by atoms with van der Waals surface area (Å²) >= 11 is 0. The molecule has 1 aromatic heterocycles. The van der Waals surface area contributed by atoms with Crippen LogP contribution in [-0.4, -0.2) is 26.7 Å². The number of amides is 1. The lowest BCUT2D eigenvalue weighted by Gasteiger charge is -2.27. The first kappa shape index (κ1) is 15.3. The number of anilines is 1. The first-order valence-corrected chi connectivity index (χ1v) is 7.20. The van der Waals surface area contributed by atoms with Gasteiger partial charge in [-0.25, -0.2) is 4.68 Å². The molecule has 8 heteroatoms. The fourth-order valence-electron chi connectivity index (χ4n) is 2.88. The summed E-state index contributed by atoms with van der Waals surface area (Å²) in [5.74, 6) is 0.114. The number of nitrogens with one attached hydrogen (secondary N) is 1. The van der Waals surface area contributed by atoms with Gasteiger partial charge in [0.1, 0.15) is 5.69 Å². The highest BCUT2D eigenvalue weighted by atomic mass is 16.6. The van der Waals surface area contributed by atoms with Gasteiger partial charge in [-0.1, -0.05) is 6.92 Å². The third kappa shape index (κ3) is 3.14. The molecule has 0 radical (unpaired) electrons. The Morgan fingerprint density at radius 3 is 2.57 bits per heavy atom. The van der Waals surface area contributed by atoms with Gasteiger partial charge in [-0.05, 0) is 32.1 Å². The van der Waals surface area contributed by atoms with Crippen LogP contribution in [0.15, 0.2) is 0 Å². The Bertz CT molecular complexity index is 546. The molecule has 0 atom stereocenters. The van der Waals surface area contributed by atoms with Gasteiger partial charge >= 0.3 is 5.69 Å². The van der Waals surface area contributed by atoms with Crippen molar-refractivity contribution in [3.8, 4) is 0 Å². The van der Waals surface area contributed by atoms with Gasteiger partial charge in [0, 0.05) is 19.0 Å². The van der Waals surface area contributed by atoms with Crippen molar-refractivity contribution in [1.82, 2.24) is 9.78 Å². The lowest BCUT2D eigenvalue weighted by Crippen LogP contribution is -2.33. The van der Waals surface area contributed by atoms with E-state index in [1.807, 2.05) is 6.92 Å². The molecule has 0 unspecified atom stereocenters. The molecule has 1 amide bonds. The smallest absolute Gasteiger partial charge is 0.333 e. The molecule has 0 bridgehead atoms. The second-order valence-corrected chi connectivity index (χ2v) is 5.47. The van der Waals surface area contributed by atoms with E-state index in [1.54, 1.807) is 7.05 Å². The average Bonchev–Trinajstić information content (AvgIpc) is 2.76. The van der Waals surface area contributed by atoms with Crippen LogP contribution in [0.2, 0.25) is 0 Å². The van der Waals surface area contributed by atoms with Crippen molar-refractivity contribution < 1.29 is 9.72 Å². The summed E-state index contributed by atoms with van der Waals surface area (Å²) < 4.78 is 1.52. The van der Waals surface area contributed by atoms with Gasteiger partial charge in [-0.2, -0.15) is 5.10 Å². The van der Waals surface area contributed by atoms with Gasteiger partial charge in [0.15, 0.2) is 0 Å². The number of nitrogens with two attached hydrogens (primary N) is 1. The number of nitro groups is 1. The van der Waals surface area contributed by atoms with E-state index in [1.165, 1.54) is 4.68 Å². The van der Waals surface area contributed by atoms with Crippen LogP contribution in [0.3, 0.4) is 0 Å². The van der Waals surface area contributed by atoms with Crippen LogP contribution in [0.25, 0.3) is 0 Å². The first-order valence-electron chi connectivity index (χ1n) is 7.20. The standard InChI is InChI=1S/C13H21N5O3/c1-3-10-11(18(20)21)13(17(2)16-10)15-9-6-4-8(5-7-9)12(14)19/h8-9,15H,3-7H2,1-2H3,(H2,14,19). The van der Waals surface area contributed by atoms with E-state index in [0.29, 0.717) is 17.9 Å². The van der Waals surface area contributed by atoms with E-state index in [4.69, 9.17) is 5.73 Å². The Hall–Kier alpha value is -2.12. The first-order chi connectivity index (χ1) is 9.93. The second kappa shape index (κ2) is 6.11. The zero-order chi connectivity index (χ0) is 15.6. The number of aryl methyl sites for hydroxylation is 2. The molecule has 0 saturated heterocycles. The molecular weight excluding hydrogens is 274 g/mol. The number of rotatable bonds is 5. The number of aromatic nitrogens is 2. The molecule has 1 fully saturated rings. The van der Waals surface area contributed by atoms with Gasteiger partial charge in [-0.15, -0.1) is 0 Å². The van der Waals surface area contributed by atoms with Crippen molar-refractivity contribution >= 4 is 17.4 Å². The predicted molar refractivity (Wildman–Crippen MR) is 77.8 cm³/mol. The number of carbonyl (C=O) groups excluding carboxylic acids is 1. The van der Waals surface area contributed by atoms with Crippen LogP contribution in [0.4, 0.5) is 11.5 Å². The minimum Gasteiger partial charge on any atom is -0.369 e. The SMILES string of the molecule is CCc1nn(C)c(NC2CCC(C(N)=O)CC2)c1[N+](=O)[O-]. The van der Waals surface area contributed by atoms with Gasteiger partial charge in [0.05, 0.1) is 4.92 Å². The van der Waals surface area contributed by atoms with Crippen LogP contribution in [0.1, 0.15) is 38.3 Å². The third-order valence-corrected chi connectivity index (χ3v) is 4.08. The molecule has 21 heavy (non-hydrogen) atoms. The zero-order valence-corrected chi connectivity index (χ0v) is 12.3. The Kier molecular flexibility index (Phi) is 4.44. The molecule has 3 N–H and O–H groups in total. The number of hydrogen-bond acceptors (Lipinski definition) is 5. The Morgan fingerprint density at radius 2 is 2.10 bits per heavy atom. The molecule has 1 heterocycles. The number of primary amides is 1. The second-order valence-electron chi connectivity index (χ2n) is 5.47. The molecule has 1 aliphatic carbocycles. The van der Waals surface area contributed by atoms with Crippen molar-refractivity contribution in [1.29, 1.82) is 0 Å². The summed E-state index contributed by atoms with van der Waals surface area (Å²) in [4.78, 5) is 22.0. The monoisotopic (exact) mass is 295 g/mol. The van der Waals surface area contributed by atoms with Crippen LogP contribution in [-0.2, 0) is 18.3 Å². The molecule has 1 aliphatic rings. The van der Waals surface area contributed by atoms with Crippen molar-refractivity contribution in [2.75, 3.05) is 5.32 Å². The molecule has 1 saturated carbocycles. The molecule has 8 nitrogen and oxygen atoms in total. The summed E-state index contributed by atoms with van der Waals surface area (Å²) in [5, 5.41) is 18.7. The maximum absolute atomic E-state index is 11.2. The fourth-order valence-corrected chi connectivity index (χ4v) is 2.88. The van der Waals surface area contributed by atoms with Gasteiger partial charge in [-0.3, -0.25) is 14.9 Å². The average molecular weight is 295 g/mol. The fraction of sp³-hybridized carbons (Fsp3) is 0.692. The largest absolute Gasteiger partial charge is 0.369 e. The summed E-state index contributed by atoms with van der Waals surface area (Å²) in [7, 11) is 1.70. The molecule has 0 aromatic carbocycles.